The Morgan fingerprint density at radius 3 is 1.81 bits per heavy atom. The van der Waals surface area contributed by atoms with Gasteiger partial charge in [-0.15, -0.1) is 0 Å². The lowest BCUT2D eigenvalue weighted by molar-refractivity contribution is 0.108. The number of rotatable bonds is 2. The van der Waals surface area contributed by atoms with E-state index in [0.717, 1.165) is 0 Å². The molecule has 0 N–H and O–H groups in total. The minimum atomic E-state index is 0.395. The maximum Gasteiger partial charge on any atom is 0.0604 e. The van der Waals surface area contributed by atoms with E-state index in [1.54, 1.807) is 0 Å². The highest BCUT2D eigenvalue weighted by Crippen LogP contribution is 2.40. The van der Waals surface area contributed by atoms with Gasteiger partial charge in [-0.1, -0.05) is 12.1 Å². The molecule has 0 aromatic carbocycles. The van der Waals surface area contributed by atoms with Gasteiger partial charge in [0.05, 0.1) is 23.5 Å². The van der Waals surface area contributed by atoms with E-state index in [1.165, 1.54) is 41.8 Å². The van der Waals surface area contributed by atoms with E-state index in [-0.39, 0.29) is 0 Å². The molecule has 2 aromatic heterocycles. The Morgan fingerprint density at radius 2 is 1.38 bits per heavy atom. The molecule has 0 radical (unpaired) electrons. The summed E-state index contributed by atoms with van der Waals surface area (Å²) in [6.07, 6.45) is 7.40. The zero-order chi connectivity index (χ0) is 14.8. The number of hydrogen-bond acceptors (Lipinski definition) is 3. The molecular weight excluding hydrogens is 258 g/mol. The molecule has 110 valence electrons. The molecule has 1 aliphatic heterocycles. The zero-order valence-corrected chi connectivity index (χ0v) is 13.1. The Morgan fingerprint density at radius 1 is 0.905 bits per heavy atom. The second-order valence-corrected chi connectivity index (χ2v) is 6.04. The summed E-state index contributed by atoms with van der Waals surface area (Å²) < 4.78 is 0. The molecule has 0 aliphatic carbocycles. The van der Waals surface area contributed by atoms with Crippen LogP contribution in [-0.2, 0) is 0 Å². The molecule has 0 bridgehead atoms. The standard InChI is InChI=1S/C18H23N3/c1-13-7-5-11-19-17(13)15-9-4-10-16(21(15)3)18-14(2)8-6-12-20-18/h5-8,11-12,15-16H,4,9-10H2,1-3H3. The summed E-state index contributed by atoms with van der Waals surface area (Å²) in [5.74, 6) is 0. The molecule has 1 aliphatic rings. The summed E-state index contributed by atoms with van der Waals surface area (Å²) in [6, 6.07) is 9.14. The highest BCUT2D eigenvalue weighted by Gasteiger charge is 2.32. The van der Waals surface area contributed by atoms with Crippen LogP contribution < -0.4 is 0 Å². The SMILES string of the molecule is Cc1cccnc1C1CCCC(c2ncccc2C)N1C. The van der Waals surface area contributed by atoms with Crippen LogP contribution in [0.1, 0.15) is 53.9 Å². The topological polar surface area (TPSA) is 29.0 Å². The van der Waals surface area contributed by atoms with Crippen molar-refractivity contribution in [3.63, 3.8) is 0 Å². The molecule has 3 nitrogen and oxygen atoms in total. The first-order chi connectivity index (χ1) is 10.2. The smallest absolute Gasteiger partial charge is 0.0604 e. The lowest BCUT2D eigenvalue weighted by atomic mass is 9.89. The van der Waals surface area contributed by atoms with E-state index in [0.29, 0.717) is 12.1 Å². The van der Waals surface area contributed by atoms with Gasteiger partial charge in [0.2, 0.25) is 0 Å². The molecule has 3 rings (SSSR count). The summed E-state index contributed by atoms with van der Waals surface area (Å²) >= 11 is 0. The number of likely N-dealkylation sites (tertiary alicyclic amines) is 1. The molecule has 1 fully saturated rings. The Balaban J connectivity index is 1.93. The van der Waals surface area contributed by atoms with E-state index in [9.17, 15) is 0 Å². The van der Waals surface area contributed by atoms with Crippen LogP contribution in [0.25, 0.3) is 0 Å². The number of pyridine rings is 2. The molecule has 2 atom stereocenters. The molecular formula is C18H23N3. The van der Waals surface area contributed by atoms with E-state index in [1.807, 2.05) is 24.5 Å². The summed E-state index contributed by atoms with van der Waals surface area (Å²) in [4.78, 5) is 11.7. The largest absolute Gasteiger partial charge is 0.289 e. The van der Waals surface area contributed by atoms with Crippen molar-refractivity contribution in [2.75, 3.05) is 7.05 Å². The highest BCUT2D eigenvalue weighted by atomic mass is 15.2. The van der Waals surface area contributed by atoms with Crippen molar-refractivity contribution in [3.8, 4) is 0 Å². The fourth-order valence-electron chi connectivity index (χ4n) is 3.48. The summed E-state index contributed by atoms with van der Waals surface area (Å²) in [5.41, 5.74) is 5.01. The Kier molecular flexibility index (Phi) is 4.02. The second kappa shape index (κ2) is 5.94. The fraction of sp³-hybridized carbons (Fsp3) is 0.444. The number of piperidine rings is 1. The maximum absolute atomic E-state index is 4.64. The first-order valence-corrected chi connectivity index (χ1v) is 7.73. The minimum Gasteiger partial charge on any atom is -0.289 e. The van der Waals surface area contributed by atoms with Crippen molar-refractivity contribution in [2.24, 2.45) is 0 Å². The zero-order valence-electron chi connectivity index (χ0n) is 13.1. The molecule has 3 heteroatoms. The molecule has 2 aromatic rings. The van der Waals surface area contributed by atoms with E-state index >= 15 is 0 Å². The van der Waals surface area contributed by atoms with Crippen LogP contribution in [0.5, 0.6) is 0 Å². The van der Waals surface area contributed by atoms with E-state index < -0.39 is 0 Å². The molecule has 2 unspecified atom stereocenters. The van der Waals surface area contributed by atoms with Crippen LogP contribution in [0.15, 0.2) is 36.7 Å². The lowest BCUT2D eigenvalue weighted by Gasteiger charge is -2.40. The van der Waals surface area contributed by atoms with Gasteiger partial charge in [0.1, 0.15) is 0 Å². The van der Waals surface area contributed by atoms with Crippen molar-refractivity contribution in [2.45, 2.75) is 45.2 Å². The quantitative estimate of drug-likeness (QED) is 0.833. The highest BCUT2D eigenvalue weighted by molar-refractivity contribution is 5.25. The monoisotopic (exact) mass is 281 g/mol. The van der Waals surface area contributed by atoms with Gasteiger partial charge < -0.3 is 0 Å². The molecule has 3 heterocycles. The first-order valence-electron chi connectivity index (χ1n) is 7.73. The van der Waals surface area contributed by atoms with Gasteiger partial charge in [0, 0.05) is 12.4 Å². The number of aryl methyl sites for hydroxylation is 2. The van der Waals surface area contributed by atoms with Gasteiger partial charge in [-0.2, -0.15) is 0 Å². The van der Waals surface area contributed by atoms with Crippen molar-refractivity contribution in [3.05, 3.63) is 59.2 Å². The molecule has 0 spiro atoms. The van der Waals surface area contributed by atoms with Crippen LogP contribution in [0.4, 0.5) is 0 Å². The van der Waals surface area contributed by atoms with Crippen molar-refractivity contribution < 1.29 is 0 Å². The van der Waals surface area contributed by atoms with Crippen molar-refractivity contribution in [1.29, 1.82) is 0 Å². The minimum absolute atomic E-state index is 0.395. The lowest BCUT2D eigenvalue weighted by Crippen LogP contribution is -2.34. The van der Waals surface area contributed by atoms with Gasteiger partial charge in [0.15, 0.2) is 0 Å². The van der Waals surface area contributed by atoms with Crippen LogP contribution in [0.2, 0.25) is 0 Å². The molecule has 21 heavy (non-hydrogen) atoms. The Labute approximate surface area is 127 Å². The van der Waals surface area contributed by atoms with Crippen LogP contribution in [0.3, 0.4) is 0 Å². The summed E-state index contributed by atoms with van der Waals surface area (Å²) in [5, 5.41) is 0. The van der Waals surface area contributed by atoms with Gasteiger partial charge in [-0.05, 0) is 63.4 Å². The van der Waals surface area contributed by atoms with Crippen molar-refractivity contribution in [1.82, 2.24) is 14.9 Å². The van der Waals surface area contributed by atoms with E-state index in [4.69, 9.17) is 0 Å². The molecule has 0 saturated carbocycles. The van der Waals surface area contributed by atoms with Crippen LogP contribution >= 0.6 is 0 Å². The maximum atomic E-state index is 4.64. The number of aromatic nitrogens is 2. The third-order valence-corrected chi connectivity index (χ3v) is 4.67. The number of nitrogens with zero attached hydrogens (tertiary/aromatic N) is 3. The van der Waals surface area contributed by atoms with Crippen LogP contribution in [-0.4, -0.2) is 21.9 Å². The second-order valence-electron chi connectivity index (χ2n) is 6.04. The third-order valence-electron chi connectivity index (χ3n) is 4.67. The Bertz CT molecular complexity index is 570. The predicted molar refractivity (Wildman–Crippen MR) is 85.0 cm³/mol. The summed E-state index contributed by atoms with van der Waals surface area (Å²) in [7, 11) is 2.22. The van der Waals surface area contributed by atoms with E-state index in [2.05, 4.69) is 47.9 Å². The number of hydrogen-bond donors (Lipinski definition) is 0. The average molecular weight is 281 g/mol. The fourth-order valence-corrected chi connectivity index (χ4v) is 3.48. The molecule has 1 saturated heterocycles. The van der Waals surface area contributed by atoms with Gasteiger partial charge in [0.25, 0.3) is 0 Å². The van der Waals surface area contributed by atoms with Crippen molar-refractivity contribution >= 4 is 0 Å². The average Bonchev–Trinajstić information content (AvgIpc) is 2.49. The Hall–Kier alpha value is -1.74. The normalized spacial score (nSPS) is 23.2. The van der Waals surface area contributed by atoms with Gasteiger partial charge in [-0.25, -0.2) is 0 Å². The molecule has 0 amide bonds. The van der Waals surface area contributed by atoms with Crippen LogP contribution in [0, 0.1) is 13.8 Å². The predicted octanol–water partition coefficient (Wildman–Crippen LogP) is 3.99. The van der Waals surface area contributed by atoms with Gasteiger partial charge >= 0.3 is 0 Å². The summed E-state index contributed by atoms with van der Waals surface area (Å²) in [6.45, 7) is 4.32. The van der Waals surface area contributed by atoms with Gasteiger partial charge in [-0.3, -0.25) is 14.9 Å². The first kappa shape index (κ1) is 14.2. The third kappa shape index (κ3) is 2.70.